The minimum atomic E-state index is -2.62. The highest BCUT2D eigenvalue weighted by Crippen LogP contribution is 2.51. The Morgan fingerprint density at radius 2 is 1.89 bits per heavy atom. The highest BCUT2D eigenvalue weighted by Gasteiger charge is 2.56. The van der Waals surface area contributed by atoms with Gasteiger partial charge < -0.3 is 10.6 Å². The standard InChI is InChI=1S/C13H17F2N3/c14-13(15)8-12(16,9-13)10-4-3-5-17-11(10)18-6-1-2-7-18/h3-5H,1-2,6-9,16H2. The second-order valence-electron chi connectivity index (χ2n) is 5.43. The van der Waals surface area contributed by atoms with E-state index in [1.54, 1.807) is 12.3 Å². The van der Waals surface area contributed by atoms with Crippen LogP contribution in [0.3, 0.4) is 0 Å². The van der Waals surface area contributed by atoms with Crippen LogP contribution in [-0.4, -0.2) is 24.0 Å². The van der Waals surface area contributed by atoms with Crippen LogP contribution in [0.25, 0.3) is 0 Å². The van der Waals surface area contributed by atoms with Gasteiger partial charge in [-0.1, -0.05) is 6.07 Å². The number of rotatable bonds is 2. The van der Waals surface area contributed by atoms with Gasteiger partial charge in [-0.3, -0.25) is 0 Å². The van der Waals surface area contributed by atoms with Gasteiger partial charge in [0.2, 0.25) is 0 Å². The van der Waals surface area contributed by atoms with Gasteiger partial charge in [0.1, 0.15) is 5.82 Å². The van der Waals surface area contributed by atoms with Gasteiger partial charge in [0.25, 0.3) is 5.92 Å². The first-order chi connectivity index (χ1) is 8.50. The van der Waals surface area contributed by atoms with E-state index in [9.17, 15) is 8.78 Å². The van der Waals surface area contributed by atoms with Gasteiger partial charge in [-0.15, -0.1) is 0 Å². The number of nitrogens with two attached hydrogens (primary N) is 1. The van der Waals surface area contributed by atoms with E-state index >= 15 is 0 Å². The van der Waals surface area contributed by atoms with Crippen molar-refractivity contribution >= 4 is 5.82 Å². The lowest BCUT2D eigenvalue weighted by Crippen LogP contribution is -2.56. The van der Waals surface area contributed by atoms with E-state index in [1.165, 1.54) is 0 Å². The summed E-state index contributed by atoms with van der Waals surface area (Å²) in [6, 6.07) is 3.62. The van der Waals surface area contributed by atoms with Crippen molar-refractivity contribution in [2.45, 2.75) is 37.1 Å². The molecule has 1 saturated heterocycles. The molecule has 2 heterocycles. The topological polar surface area (TPSA) is 42.1 Å². The molecule has 1 aliphatic carbocycles. The molecule has 18 heavy (non-hydrogen) atoms. The summed E-state index contributed by atoms with van der Waals surface area (Å²) in [5.74, 6) is -1.82. The lowest BCUT2D eigenvalue weighted by Gasteiger charge is -2.45. The molecule has 1 aromatic rings. The monoisotopic (exact) mass is 253 g/mol. The van der Waals surface area contributed by atoms with Gasteiger partial charge >= 0.3 is 0 Å². The maximum absolute atomic E-state index is 13.1. The molecule has 2 N–H and O–H groups in total. The van der Waals surface area contributed by atoms with E-state index in [0.29, 0.717) is 0 Å². The van der Waals surface area contributed by atoms with Crippen molar-refractivity contribution < 1.29 is 8.78 Å². The van der Waals surface area contributed by atoms with Crippen LogP contribution >= 0.6 is 0 Å². The third-order valence-corrected chi connectivity index (χ3v) is 3.88. The summed E-state index contributed by atoms with van der Waals surface area (Å²) < 4.78 is 26.2. The molecule has 0 unspecified atom stereocenters. The number of alkyl halides is 2. The SMILES string of the molecule is NC1(c2cccnc2N2CCCC2)CC(F)(F)C1. The number of aromatic nitrogens is 1. The minimum absolute atomic E-state index is 0.271. The summed E-state index contributed by atoms with van der Waals surface area (Å²) in [6.45, 7) is 1.88. The molecule has 3 rings (SSSR count). The number of hydrogen-bond donors (Lipinski definition) is 1. The molecule has 5 heteroatoms. The van der Waals surface area contributed by atoms with E-state index < -0.39 is 11.5 Å². The maximum Gasteiger partial charge on any atom is 0.252 e. The first kappa shape index (κ1) is 11.8. The van der Waals surface area contributed by atoms with Crippen molar-refractivity contribution in [2.75, 3.05) is 18.0 Å². The third-order valence-electron chi connectivity index (χ3n) is 3.88. The number of hydrogen-bond acceptors (Lipinski definition) is 3. The van der Waals surface area contributed by atoms with Crippen molar-refractivity contribution in [2.24, 2.45) is 5.73 Å². The Morgan fingerprint density at radius 3 is 2.50 bits per heavy atom. The molecule has 0 bridgehead atoms. The second kappa shape index (κ2) is 3.88. The molecule has 2 aliphatic rings. The zero-order valence-corrected chi connectivity index (χ0v) is 10.2. The predicted molar refractivity (Wildman–Crippen MR) is 65.7 cm³/mol. The summed E-state index contributed by atoms with van der Waals surface area (Å²) in [7, 11) is 0. The Kier molecular flexibility index (Phi) is 2.55. The average molecular weight is 253 g/mol. The van der Waals surface area contributed by atoms with Gasteiger partial charge in [-0.05, 0) is 18.9 Å². The molecule has 0 amide bonds. The van der Waals surface area contributed by atoms with Crippen molar-refractivity contribution in [3.63, 3.8) is 0 Å². The number of pyridine rings is 1. The summed E-state index contributed by atoms with van der Waals surface area (Å²) in [5, 5.41) is 0. The summed E-state index contributed by atoms with van der Waals surface area (Å²) in [5.41, 5.74) is 5.99. The maximum atomic E-state index is 13.1. The van der Waals surface area contributed by atoms with Crippen molar-refractivity contribution in [3.8, 4) is 0 Å². The fourth-order valence-corrected chi connectivity index (χ4v) is 3.03. The molecule has 0 spiro atoms. The van der Waals surface area contributed by atoms with E-state index in [-0.39, 0.29) is 12.8 Å². The van der Waals surface area contributed by atoms with Crippen LogP contribution in [0.2, 0.25) is 0 Å². The molecule has 1 saturated carbocycles. The van der Waals surface area contributed by atoms with Crippen LogP contribution in [-0.2, 0) is 5.54 Å². The van der Waals surface area contributed by atoms with Crippen molar-refractivity contribution in [3.05, 3.63) is 23.9 Å². The number of nitrogens with zero attached hydrogens (tertiary/aromatic N) is 2. The molecule has 0 atom stereocenters. The lowest BCUT2D eigenvalue weighted by atomic mass is 9.70. The summed E-state index contributed by atoms with van der Waals surface area (Å²) in [6.07, 6.45) is 3.42. The fraction of sp³-hybridized carbons (Fsp3) is 0.615. The summed E-state index contributed by atoms with van der Waals surface area (Å²) in [4.78, 5) is 6.51. The van der Waals surface area contributed by atoms with Crippen LogP contribution in [0.15, 0.2) is 18.3 Å². The largest absolute Gasteiger partial charge is 0.356 e. The van der Waals surface area contributed by atoms with E-state index in [4.69, 9.17) is 5.73 Å². The van der Waals surface area contributed by atoms with Crippen LogP contribution in [0.4, 0.5) is 14.6 Å². The zero-order chi connectivity index (χ0) is 12.8. The number of anilines is 1. The molecular formula is C13H17F2N3. The highest BCUT2D eigenvalue weighted by molar-refractivity contribution is 5.52. The number of halogens is 2. The molecule has 0 radical (unpaired) electrons. The highest BCUT2D eigenvalue weighted by atomic mass is 19.3. The Bertz CT molecular complexity index is 447. The quantitative estimate of drug-likeness (QED) is 0.879. The Balaban J connectivity index is 1.92. The predicted octanol–water partition coefficient (Wildman–Crippen LogP) is 2.26. The third kappa shape index (κ3) is 1.86. The van der Waals surface area contributed by atoms with Crippen LogP contribution in [0.1, 0.15) is 31.2 Å². The van der Waals surface area contributed by atoms with Crippen molar-refractivity contribution in [1.29, 1.82) is 0 Å². The molecule has 1 aromatic heterocycles. The first-order valence-electron chi connectivity index (χ1n) is 6.37. The Hall–Kier alpha value is -1.23. The summed E-state index contributed by atoms with van der Waals surface area (Å²) >= 11 is 0. The van der Waals surface area contributed by atoms with Crippen molar-refractivity contribution in [1.82, 2.24) is 4.98 Å². The lowest BCUT2D eigenvalue weighted by molar-refractivity contribution is -0.124. The van der Waals surface area contributed by atoms with E-state index in [0.717, 1.165) is 37.3 Å². The van der Waals surface area contributed by atoms with Gasteiger partial charge in [-0.2, -0.15) is 0 Å². The van der Waals surface area contributed by atoms with Gasteiger partial charge in [0, 0.05) is 37.7 Å². The zero-order valence-electron chi connectivity index (χ0n) is 10.2. The molecule has 98 valence electrons. The molecule has 1 aliphatic heterocycles. The fourth-order valence-electron chi connectivity index (χ4n) is 3.03. The molecular weight excluding hydrogens is 236 g/mol. The Labute approximate surface area is 105 Å². The molecule has 0 aromatic carbocycles. The Morgan fingerprint density at radius 1 is 1.22 bits per heavy atom. The van der Waals surface area contributed by atoms with Crippen LogP contribution in [0, 0.1) is 0 Å². The van der Waals surface area contributed by atoms with Gasteiger partial charge in [0.15, 0.2) is 0 Å². The second-order valence-corrected chi connectivity index (χ2v) is 5.43. The van der Waals surface area contributed by atoms with E-state index in [2.05, 4.69) is 9.88 Å². The van der Waals surface area contributed by atoms with Crippen LogP contribution < -0.4 is 10.6 Å². The minimum Gasteiger partial charge on any atom is -0.356 e. The average Bonchev–Trinajstić information content (AvgIpc) is 2.79. The molecule has 2 fully saturated rings. The first-order valence-corrected chi connectivity index (χ1v) is 6.37. The van der Waals surface area contributed by atoms with Gasteiger partial charge in [0.05, 0.1) is 5.54 Å². The normalized spacial score (nSPS) is 24.9. The van der Waals surface area contributed by atoms with E-state index in [1.807, 2.05) is 6.07 Å². The molecule has 3 nitrogen and oxygen atoms in total. The smallest absolute Gasteiger partial charge is 0.252 e. The van der Waals surface area contributed by atoms with Gasteiger partial charge in [-0.25, -0.2) is 13.8 Å². The van der Waals surface area contributed by atoms with Crippen LogP contribution in [0.5, 0.6) is 0 Å².